The smallest absolute Gasteiger partial charge is 0.175 e. The molecule has 1 aliphatic heterocycles. The Morgan fingerprint density at radius 2 is 2.06 bits per heavy atom. The van der Waals surface area contributed by atoms with E-state index in [1.54, 1.807) is 34.9 Å². The minimum Gasteiger partial charge on any atom is -0.389 e. The Morgan fingerprint density at radius 1 is 1.38 bits per heavy atom. The van der Waals surface area contributed by atoms with Crippen LogP contribution in [0.3, 0.4) is 0 Å². The topological polar surface area (TPSA) is 58.0 Å². The highest BCUT2D eigenvalue weighted by molar-refractivity contribution is 8.03. The maximum Gasteiger partial charge on any atom is 0.175 e. The lowest BCUT2D eigenvalue weighted by Gasteiger charge is -2.31. The van der Waals surface area contributed by atoms with E-state index in [0.717, 1.165) is 40.4 Å². The lowest BCUT2D eigenvalue weighted by Crippen LogP contribution is -2.43. The van der Waals surface area contributed by atoms with Crippen LogP contribution in [0.5, 0.6) is 0 Å². The summed E-state index contributed by atoms with van der Waals surface area (Å²) in [6, 6.07) is 0. The van der Waals surface area contributed by atoms with Gasteiger partial charge in [-0.3, -0.25) is 0 Å². The summed E-state index contributed by atoms with van der Waals surface area (Å²) in [5.41, 5.74) is -0.527. The quantitative estimate of drug-likeness (QED) is 0.813. The van der Waals surface area contributed by atoms with Crippen LogP contribution >= 0.6 is 34.9 Å². The van der Waals surface area contributed by atoms with E-state index in [0.29, 0.717) is 0 Å². The third kappa shape index (κ3) is 3.33. The summed E-state index contributed by atoms with van der Waals surface area (Å²) in [6.45, 7) is 1.81. The summed E-state index contributed by atoms with van der Waals surface area (Å²) in [7, 11) is 0. The van der Waals surface area contributed by atoms with Crippen LogP contribution < -0.4 is 5.32 Å². The summed E-state index contributed by atoms with van der Waals surface area (Å²) in [6.07, 6.45) is 3.65. The van der Waals surface area contributed by atoms with E-state index in [4.69, 9.17) is 0 Å². The van der Waals surface area contributed by atoms with E-state index < -0.39 is 5.60 Å². The molecule has 4 nitrogen and oxygen atoms in total. The normalized spacial score (nSPS) is 19.9. The van der Waals surface area contributed by atoms with Crippen molar-refractivity contribution in [3.8, 4) is 0 Å². The zero-order valence-electron chi connectivity index (χ0n) is 9.10. The fourth-order valence-corrected chi connectivity index (χ4v) is 4.16. The molecule has 0 bridgehead atoms. The molecule has 2 rings (SSSR count). The zero-order valence-corrected chi connectivity index (χ0v) is 11.6. The summed E-state index contributed by atoms with van der Waals surface area (Å²) in [4.78, 5) is 0. The van der Waals surface area contributed by atoms with Crippen molar-refractivity contribution in [1.82, 2.24) is 15.5 Å². The molecule has 1 fully saturated rings. The van der Waals surface area contributed by atoms with Gasteiger partial charge in [0.2, 0.25) is 0 Å². The van der Waals surface area contributed by atoms with Crippen LogP contribution in [-0.2, 0) is 0 Å². The van der Waals surface area contributed by atoms with E-state index in [2.05, 4.69) is 15.5 Å². The van der Waals surface area contributed by atoms with Gasteiger partial charge < -0.3 is 10.4 Å². The molecule has 7 heteroatoms. The number of aromatic nitrogens is 2. The summed E-state index contributed by atoms with van der Waals surface area (Å²) >= 11 is 4.82. The van der Waals surface area contributed by atoms with Gasteiger partial charge in [0.15, 0.2) is 8.68 Å². The van der Waals surface area contributed by atoms with Gasteiger partial charge in [-0.15, -0.1) is 10.2 Å². The Balaban J connectivity index is 1.86. The lowest BCUT2D eigenvalue weighted by molar-refractivity contribution is 0.0339. The van der Waals surface area contributed by atoms with Crippen molar-refractivity contribution in [3.05, 3.63) is 0 Å². The molecule has 0 aliphatic carbocycles. The van der Waals surface area contributed by atoms with Gasteiger partial charge in [-0.25, -0.2) is 0 Å². The fourth-order valence-electron chi connectivity index (χ4n) is 1.57. The van der Waals surface area contributed by atoms with E-state index in [-0.39, 0.29) is 0 Å². The predicted molar refractivity (Wildman–Crippen MR) is 69.5 cm³/mol. The van der Waals surface area contributed by atoms with Crippen molar-refractivity contribution in [2.75, 3.05) is 25.1 Å². The molecule has 1 aromatic heterocycles. The Bertz CT molecular complexity index is 338. The average molecular weight is 277 g/mol. The van der Waals surface area contributed by atoms with Crippen LogP contribution in [0.25, 0.3) is 0 Å². The van der Waals surface area contributed by atoms with Crippen LogP contribution in [0.2, 0.25) is 0 Å². The van der Waals surface area contributed by atoms with Gasteiger partial charge in [0.1, 0.15) is 0 Å². The first-order valence-electron chi connectivity index (χ1n) is 5.15. The molecule has 16 heavy (non-hydrogen) atoms. The molecule has 1 aliphatic rings. The Kier molecular flexibility index (Phi) is 4.48. The maximum absolute atomic E-state index is 10.3. The summed E-state index contributed by atoms with van der Waals surface area (Å²) in [5.74, 6) is 0.720. The molecule has 1 saturated heterocycles. The maximum atomic E-state index is 10.3. The molecular weight excluding hydrogens is 262 g/mol. The van der Waals surface area contributed by atoms with Gasteiger partial charge in [0, 0.05) is 5.75 Å². The Hall–Kier alpha value is 0.180. The third-order valence-electron chi connectivity index (χ3n) is 2.56. The minimum absolute atomic E-state index is 0.527. The van der Waals surface area contributed by atoms with Crippen LogP contribution in [0.4, 0.5) is 0 Å². The minimum atomic E-state index is -0.527. The van der Waals surface area contributed by atoms with Crippen molar-refractivity contribution >= 4 is 34.9 Å². The number of nitrogens with zero attached hydrogens (tertiary/aromatic N) is 2. The SMILES string of the molecule is CSc1nnc(SCC2(O)CCNCC2)s1. The number of thioether (sulfide) groups is 2. The number of hydrogen-bond acceptors (Lipinski definition) is 7. The third-order valence-corrected chi connectivity index (χ3v) is 5.87. The van der Waals surface area contributed by atoms with Crippen LogP contribution in [0, 0.1) is 0 Å². The standard InChI is InChI=1S/C9H15N3OS3/c1-14-7-11-12-8(16-7)15-6-9(13)2-4-10-5-3-9/h10,13H,2-6H2,1H3. The van der Waals surface area contributed by atoms with E-state index in [9.17, 15) is 5.11 Å². The van der Waals surface area contributed by atoms with Crippen LogP contribution in [-0.4, -0.2) is 46.0 Å². The molecule has 0 spiro atoms. The van der Waals surface area contributed by atoms with Gasteiger partial charge in [-0.2, -0.15) is 0 Å². The molecule has 2 heterocycles. The van der Waals surface area contributed by atoms with Gasteiger partial charge in [-0.05, 0) is 32.2 Å². The van der Waals surface area contributed by atoms with Crippen LogP contribution in [0.15, 0.2) is 8.68 Å². The Morgan fingerprint density at radius 3 is 2.69 bits per heavy atom. The molecule has 0 aromatic carbocycles. The zero-order chi connectivity index (χ0) is 11.4. The highest BCUT2D eigenvalue weighted by atomic mass is 32.2. The van der Waals surface area contributed by atoms with Crippen molar-refractivity contribution in [1.29, 1.82) is 0 Å². The molecule has 0 saturated carbocycles. The molecule has 2 N–H and O–H groups in total. The van der Waals surface area contributed by atoms with Crippen molar-refractivity contribution in [2.24, 2.45) is 0 Å². The first-order chi connectivity index (χ1) is 7.72. The second kappa shape index (κ2) is 5.68. The highest BCUT2D eigenvalue weighted by Gasteiger charge is 2.29. The number of piperidine rings is 1. The van der Waals surface area contributed by atoms with Crippen molar-refractivity contribution in [2.45, 2.75) is 27.1 Å². The van der Waals surface area contributed by atoms with Crippen LogP contribution in [0.1, 0.15) is 12.8 Å². The number of hydrogen-bond donors (Lipinski definition) is 2. The average Bonchev–Trinajstić information content (AvgIpc) is 2.75. The van der Waals surface area contributed by atoms with Crippen molar-refractivity contribution in [3.63, 3.8) is 0 Å². The largest absolute Gasteiger partial charge is 0.389 e. The van der Waals surface area contributed by atoms with Gasteiger partial charge in [0.25, 0.3) is 0 Å². The van der Waals surface area contributed by atoms with Gasteiger partial charge in [0.05, 0.1) is 5.60 Å². The predicted octanol–water partition coefficient (Wildman–Crippen LogP) is 1.47. The van der Waals surface area contributed by atoms with E-state index >= 15 is 0 Å². The monoisotopic (exact) mass is 277 g/mol. The Labute approximate surface area is 108 Å². The van der Waals surface area contributed by atoms with Gasteiger partial charge in [-0.1, -0.05) is 34.9 Å². The molecule has 90 valence electrons. The fraction of sp³-hybridized carbons (Fsp3) is 0.778. The molecule has 0 radical (unpaired) electrons. The molecule has 0 unspecified atom stereocenters. The second-order valence-electron chi connectivity index (χ2n) is 3.80. The lowest BCUT2D eigenvalue weighted by atomic mass is 9.95. The van der Waals surface area contributed by atoms with Gasteiger partial charge >= 0.3 is 0 Å². The summed E-state index contributed by atoms with van der Waals surface area (Å²) < 4.78 is 1.94. The van der Waals surface area contributed by atoms with E-state index in [1.165, 1.54) is 0 Å². The second-order valence-corrected chi connectivity index (χ2v) is 7.05. The van der Waals surface area contributed by atoms with E-state index in [1.807, 2.05) is 6.26 Å². The molecule has 0 atom stereocenters. The number of nitrogens with one attached hydrogen (secondary N) is 1. The molecular formula is C9H15N3OS3. The number of aliphatic hydroxyl groups is 1. The highest BCUT2D eigenvalue weighted by Crippen LogP contribution is 2.31. The first-order valence-corrected chi connectivity index (χ1v) is 8.18. The summed E-state index contributed by atoms with van der Waals surface area (Å²) in [5, 5.41) is 21.7. The first kappa shape index (κ1) is 12.6. The molecule has 0 amide bonds. The molecule has 1 aromatic rings. The van der Waals surface area contributed by atoms with Crippen molar-refractivity contribution < 1.29 is 5.11 Å². The number of rotatable bonds is 4.